The van der Waals surface area contributed by atoms with Gasteiger partial charge in [0.25, 0.3) is 0 Å². The van der Waals surface area contributed by atoms with E-state index in [9.17, 15) is 4.79 Å². The number of nitrogens with one attached hydrogen (secondary N) is 1. The number of esters is 1. The fraction of sp³-hybridized carbons (Fsp3) is 0.600. The van der Waals surface area contributed by atoms with Gasteiger partial charge in [0.15, 0.2) is 0 Å². The number of rotatable bonds is 7. The number of hydrogen-bond acceptors (Lipinski definition) is 5. The van der Waals surface area contributed by atoms with Crippen molar-refractivity contribution in [3.63, 3.8) is 0 Å². The molecule has 0 amide bonds. The third kappa shape index (κ3) is 4.28. The lowest BCUT2D eigenvalue weighted by molar-refractivity contribution is -0.143. The number of carbonyl (C=O) groups excluding carboxylic acids is 1. The van der Waals surface area contributed by atoms with Gasteiger partial charge in [0, 0.05) is 44.1 Å². The zero-order valence-corrected chi connectivity index (χ0v) is 12.3. The summed E-state index contributed by atoms with van der Waals surface area (Å²) in [5, 5.41) is 3.28. The van der Waals surface area contributed by atoms with Gasteiger partial charge in [-0.1, -0.05) is 6.07 Å². The Morgan fingerprint density at radius 1 is 1.50 bits per heavy atom. The minimum atomic E-state index is -0.119. The molecule has 0 bridgehead atoms. The van der Waals surface area contributed by atoms with Gasteiger partial charge in [0.2, 0.25) is 0 Å². The second-order valence-corrected chi connectivity index (χ2v) is 5.15. The average Bonchev–Trinajstić information content (AvgIpc) is 2.37. The van der Waals surface area contributed by atoms with Crippen LogP contribution in [0.15, 0.2) is 18.3 Å². The Morgan fingerprint density at radius 3 is 2.85 bits per heavy atom. The Morgan fingerprint density at radius 2 is 2.30 bits per heavy atom. The summed E-state index contributed by atoms with van der Waals surface area (Å²) >= 11 is 0. The van der Waals surface area contributed by atoms with Crippen molar-refractivity contribution in [3.8, 4) is 0 Å². The molecule has 0 radical (unpaired) electrons. The van der Waals surface area contributed by atoms with Crippen LogP contribution in [0.25, 0.3) is 0 Å². The van der Waals surface area contributed by atoms with Crippen LogP contribution in [-0.4, -0.2) is 48.1 Å². The summed E-state index contributed by atoms with van der Waals surface area (Å²) in [6.07, 6.45) is 2.36. The zero-order valence-electron chi connectivity index (χ0n) is 12.3. The Hall–Kier alpha value is -1.46. The van der Waals surface area contributed by atoms with Crippen molar-refractivity contribution in [3.05, 3.63) is 29.6 Å². The molecular formula is C15H23N3O2. The second-order valence-electron chi connectivity index (χ2n) is 5.15. The molecule has 0 saturated carbocycles. The maximum absolute atomic E-state index is 11.5. The predicted molar refractivity (Wildman–Crippen MR) is 77.3 cm³/mol. The van der Waals surface area contributed by atoms with Crippen LogP contribution in [-0.2, 0) is 16.1 Å². The summed E-state index contributed by atoms with van der Waals surface area (Å²) in [7, 11) is 0. The lowest BCUT2D eigenvalue weighted by Gasteiger charge is -2.38. The minimum Gasteiger partial charge on any atom is -0.466 e. The molecule has 110 valence electrons. The number of pyridine rings is 1. The van der Waals surface area contributed by atoms with Gasteiger partial charge in [-0.25, -0.2) is 0 Å². The predicted octanol–water partition coefficient (Wildman–Crippen LogP) is 1.12. The fourth-order valence-electron chi connectivity index (χ4n) is 2.22. The van der Waals surface area contributed by atoms with Gasteiger partial charge in [-0.05, 0) is 25.5 Å². The lowest BCUT2D eigenvalue weighted by Crippen LogP contribution is -2.57. The van der Waals surface area contributed by atoms with E-state index in [1.54, 1.807) is 0 Å². The second kappa shape index (κ2) is 7.36. The topological polar surface area (TPSA) is 54.5 Å². The molecule has 0 aromatic carbocycles. The van der Waals surface area contributed by atoms with Crippen molar-refractivity contribution in [2.24, 2.45) is 0 Å². The van der Waals surface area contributed by atoms with Crippen molar-refractivity contribution in [2.45, 2.75) is 32.9 Å². The molecule has 20 heavy (non-hydrogen) atoms. The molecule has 0 aliphatic carbocycles. The van der Waals surface area contributed by atoms with E-state index in [2.05, 4.69) is 21.3 Å². The molecule has 1 N–H and O–H groups in total. The number of hydrogen-bond donors (Lipinski definition) is 1. The van der Waals surface area contributed by atoms with Gasteiger partial charge < -0.3 is 10.1 Å². The quantitative estimate of drug-likeness (QED) is 0.757. The maximum Gasteiger partial charge on any atom is 0.307 e. The monoisotopic (exact) mass is 277 g/mol. The number of nitrogens with zero attached hydrogens (tertiary/aromatic N) is 2. The molecule has 0 spiro atoms. The normalized spacial score (nSPS) is 15.2. The van der Waals surface area contributed by atoms with Gasteiger partial charge in [0.1, 0.15) is 0 Å². The van der Waals surface area contributed by atoms with Crippen molar-refractivity contribution >= 4 is 5.97 Å². The van der Waals surface area contributed by atoms with E-state index in [1.807, 2.05) is 26.1 Å². The van der Waals surface area contributed by atoms with Crippen molar-refractivity contribution in [1.82, 2.24) is 15.2 Å². The highest BCUT2D eigenvalue weighted by Crippen LogP contribution is 2.12. The molecule has 1 fully saturated rings. The van der Waals surface area contributed by atoms with Crippen LogP contribution >= 0.6 is 0 Å². The first kappa shape index (κ1) is 14.9. The molecule has 0 unspecified atom stereocenters. The van der Waals surface area contributed by atoms with E-state index in [0.29, 0.717) is 19.1 Å². The van der Waals surface area contributed by atoms with Crippen molar-refractivity contribution in [1.29, 1.82) is 0 Å². The lowest BCUT2D eigenvalue weighted by atomic mass is 10.1. The van der Waals surface area contributed by atoms with Crippen LogP contribution < -0.4 is 5.32 Å². The number of carbonyl (C=O) groups is 1. The van der Waals surface area contributed by atoms with E-state index < -0.39 is 0 Å². The fourth-order valence-corrected chi connectivity index (χ4v) is 2.22. The number of aryl methyl sites for hydroxylation is 1. The van der Waals surface area contributed by atoms with Crippen LogP contribution in [0.2, 0.25) is 0 Å². The van der Waals surface area contributed by atoms with E-state index in [1.165, 1.54) is 5.56 Å². The van der Waals surface area contributed by atoms with E-state index in [-0.39, 0.29) is 5.97 Å². The van der Waals surface area contributed by atoms with E-state index >= 15 is 0 Å². The average molecular weight is 277 g/mol. The summed E-state index contributed by atoms with van der Waals surface area (Å²) in [5.41, 5.74) is 2.21. The third-order valence-corrected chi connectivity index (χ3v) is 3.54. The van der Waals surface area contributed by atoms with Gasteiger partial charge >= 0.3 is 5.97 Å². The summed E-state index contributed by atoms with van der Waals surface area (Å²) in [4.78, 5) is 18.2. The first-order chi connectivity index (χ1) is 9.69. The van der Waals surface area contributed by atoms with Gasteiger partial charge in [0.05, 0.1) is 13.0 Å². The Bertz CT molecular complexity index is 429. The van der Waals surface area contributed by atoms with Crippen LogP contribution in [0.5, 0.6) is 0 Å². The van der Waals surface area contributed by atoms with Crippen LogP contribution in [0.4, 0.5) is 0 Å². The smallest absolute Gasteiger partial charge is 0.307 e. The van der Waals surface area contributed by atoms with E-state index in [4.69, 9.17) is 4.74 Å². The Labute approximate surface area is 120 Å². The maximum atomic E-state index is 11.5. The molecular weight excluding hydrogens is 254 g/mol. The van der Waals surface area contributed by atoms with Crippen LogP contribution in [0.3, 0.4) is 0 Å². The van der Waals surface area contributed by atoms with Crippen molar-refractivity contribution in [2.75, 3.05) is 26.2 Å². The zero-order chi connectivity index (χ0) is 14.4. The standard InChI is InChI=1S/C15H23N3O2/c1-3-20-15(19)6-7-18(14-9-16-10-14)11-13-5-4-12(2)17-8-13/h4-5,8,14,16H,3,6-7,9-11H2,1-2H3. The molecule has 5 heteroatoms. The third-order valence-electron chi connectivity index (χ3n) is 3.54. The molecule has 0 atom stereocenters. The molecule has 2 rings (SSSR count). The van der Waals surface area contributed by atoms with Crippen molar-refractivity contribution < 1.29 is 9.53 Å². The van der Waals surface area contributed by atoms with Crippen LogP contribution in [0.1, 0.15) is 24.6 Å². The van der Waals surface area contributed by atoms with Crippen LogP contribution in [0, 0.1) is 6.92 Å². The molecule has 1 saturated heterocycles. The first-order valence-electron chi connectivity index (χ1n) is 7.21. The highest BCUT2D eigenvalue weighted by atomic mass is 16.5. The van der Waals surface area contributed by atoms with Gasteiger partial charge in [-0.3, -0.25) is 14.7 Å². The highest BCUT2D eigenvalue weighted by molar-refractivity contribution is 5.69. The number of aromatic nitrogens is 1. The van der Waals surface area contributed by atoms with E-state index in [0.717, 1.165) is 31.9 Å². The molecule has 5 nitrogen and oxygen atoms in total. The minimum absolute atomic E-state index is 0.119. The first-order valence-corrected chi connectivity index (χ1v) is 7.21. The molecule has 2 heterocycles. The highest BCUT2D eigenvalue weighted by Gasteiger charge is 2.25. The molecule has 1 aliphatic rings. The summed E-state index contributed by atoms with van der Waals surface area (Å²) < 4.78 is 5.00. The Balaban J connectivity index is 1.89. The Kier molecular flexibility index (Phi) is 5.49. The summed E-state index contributed by atoms with van der Waals surface area (Å²) in [6, 6.07) is 4.63. The largest absolute Gasteiger partial charge is 0.466 e. The summed E-state index contributed by atoms with van der Waals surface area (Å²) in [6.45, 7) is 7.82. The molecule has 1 aromatic rings. The molecule has 1 aromatic heterocycles. The number of ether oxygens (including phenoxy) is 1. The van der Waals surface area contributed by atoms with Gasteiger partial charge in [-0.15, -0.1) is 0 Å². The SMILES string of the molecule is CCOC(=O)CCN(Cc1ccc(C)nc1)C1CNC1. The molecule has 1 aliphatic heterocycles. The van der Waals surface area contributed by atoms with Gasteiger partial charge in [-0.2, -0.15) is 0 Å². The summed E-state index contributed by atoms with van der Waals surface area (Å²) in [5.74, 6) is -0.119.